The number of hydrogen-bond acceptors (Lipinski definition) is 3. The first-order chi connectivity index (χ1) is 9.13. The van der Waals surface area contributed by atoms with Crippen molar-refractivity contribution in [3.05, 3.63) is 29.6 Å². The van der Waals surface area contributed by atoms with Gasteiger partial charge in [-0.2, -0.15) is 0 Å². The minimum atomic E-state index is -3.51. The standard InChI is InChI=1S/C14H19FN2O2S/c1-14(2,3)10-20(18,19)17-12-7-6-11(5-4-8-16)13(15)9-12/h6-7,9,17H,8,10,16H2,1-3H3. The van der Waals surface area contributed by atoms with E-state index in [0.29, 0.717) is 0 Å². The molecule has 0 unspecified atom stereocenters. The van der Waals surface area contributed by atoms with E-state index < -0.39 is 15.8 Å². The van der Waals surface area contributed by atoms with Crippen molar-refractivity contribution in [2.45, 2.75) is 20.8 Å². The van der Waals surface area contributed by atoms with Gasteiger partial charge in [0.2, 0.25) is 10.0 Å². The van der Waals surface area contributed by atoms with Crippen LogP contribution in [0.25, 0.3) is 0 Å². The molecule has 0 atom stereocenters. The van der Waals surface area contributed by atoms with E-state index in [9.17, 15) is 12.8 Å². The SMILES string of the molecule is CC(C)(C)CS(=O)(=O)Nc1ccc(C#CCN)c(F)c1. The maximum atomic E-state index is 13.7. The number of sulfonamides is 1. The number of hydrogen-bond donors (Lipinski definition) is 2. The molecule has 6 heteroatoms. The van der Waals surface area contributed by atoms with E-state index >= 15 is 0 Å². The van der Waals surface area contributed by atoms with Crippen LogP contribution in [-0.4, -0.2) is 20.7 Å². The molecule has 0 spiro atoms. The molecule has 0 amide bonds. The molecule has 0 aliphatic rings. The quantitative estimate of drug-likeness (QED) is 0.837. The molecule has 0 saturated heterocycles. The van der Waals surface area contributed by atoms with Gasteiger partial charge in [0, 0.05) is 0 Å². The first-order valence-corrected chi connectivity index (χ1v) is 7.77. The Hall–Kier alpha value is -1.58. The van der Waals surface area contributed by atoms with Gasteiger partial charge in [-0.3, -0.25) is 4.72 Å². The molecule has 1 rings (SSSR count). The van der Waals surface area contributed by atoms with Crippen molar-refractivity contribution in [1.82, 2.24) is 0 Å². The lowest BCUT2D eigenvalue weighted by molar-refractivity contribution is 0.463. The highest BCUT2D eigenvalue weighted by Crippen LogP contribution is 2.20. The van der Waals surface area contributed by atoms with E-state index in [2.05, 4.69) is 16.6 Å². The summed E-state index contributed by atoms with van der Waals surface area (Å²) in [6, 6.07) is 4.01. The third-order valence-electron chi connectivity index (χ3n) is 2.19. The molecule has 20 heavy (non-hydrogen) atoms. The summed E-state index contributed by atoms with van der Waals surface area (Å²) in [5.41, 5.74) is 5.21. The van der Waals surface area contributed by atoms with Gasteiger partial charge in [0.1, 0.15) is 5.82 Å². The molecule has 0 bridgehead atoms. The Kier molecular flexibility index (Phi) is 5.15. The van der Waals surface area contributed by atoms with E-state index in [1.807, 2.05) is 20.8 Å². The Balaban J connectivity index is 2.92. The molecule has 0 heterocycles. The largest absolute Gasteiger partial charge is 0.320 e. The van der Waals surface area contributed by atoms with E-state index in [-0.39, 0.29) is 29.0 Å². The zero-order valence-electron chi connectivity index (χ0n) is 11.8. The van der Waals surface area contributed by atoms with Crippen LogP contribution >= 0.6 is 0 Å². The highest BCUT2D eigenvalue weighted by atomic mass is 32.2. The molecule has 3 N–H and O–H groups in total. The highest BCUT2D eigenvalue weighted by Gasteiger charge is 2.21. The third kappa shape index (κ3) is 5.59. The van der Waals surface area contributed by atoms with Gasteiger partial charge in [0.15, 0.2) is 0 Å². The zero-order valence-corrected chi connectivity index (χ0v) is 12.6. The molecular weight excluding hydrogens is 279 g/mol. The first kappa shape index (κ1) is 16.5. The van der Waals surface area contributed by atoms with Crippen molar-refractivity contribution >= 4 is 15.7 Å². The second-order valence-electron chi connectivity index (χ2n) is 5.62. The zero-order chi connectivity index (χ0) is 15.4. The number of halogens is 1. The van der Waals surface area contributed by atoms with Gasteiger partial charge < -0.3 is 5.73 Å². The van der Waals surface area contributed by atoms with E-state index in [0.717, 1.165) is 6.07 Å². The normalized spacial score (nSPS) is 11.7. The third-order valence-corrected chi connectivity index (χ3v) is 3.98. The second-order valence-corrected chi connectivity index (χ2v) is 7.34. The van der Waals surface area contributed by atoms with Crippen LogP contribution in [0, 0.1) is 23.1 Å². The summed E-state index contributed by atoms with van der Waals surface area (Å²) >= 11 is 0. The van der Waals surface area contributed by atoms with Gasteiger partial charge in [-0.15, -0.1) is 0 Å². The van der Waals surface area contributed by atoms with Crippen LogP contribution in [0.4, 0.5) is 10.1 Å². The predicted octanol–water partition coefficient (Wildman–Crippen LogP) is 1.92. The number of rotatable bonds is 3. The van der Waals surface area contributed by atoms with E-state index in [4.69, 9.17) is 5.73 Å². The van der Waals surface area contributed by atoms with Crippen LogP contribution in [0.2, 0.25) is 0 Å². The molecule has 1 aromatic rings. The van der Waals surface area contributed by atoms with E-state index in [1.165, 1.54) is 12.1 Å². The summed E-state index contributed by atoms with van der Waals surface area (Å²) in [7, 11) is -3.51. The molecule has 0 aliphatic carbocycles. The van der Waals surface area contributed by atoms with Crippen LogP contribution < -0.4 is 10.5 Å². The summed E-state index contributed by atoms with van der Waals surface area (Å²) in [6.45, 7) is 5.59. The number of nitrogens with two attached hydrogens (primary N) is 1. The number of anilines is 1. The smallest absolute Gasteiger partial charge is 0.233 e. The Morgan fingerprint density at radius 3 is 2.50 bits per heavy atom. The van der Waals surface area contributed by atoms with Gasteiger partial charge in [0.25, 0.3) is 0 Å². The van der Waals surface area contributed by atoms with Crippen LogP contribution in [0.1, 0.15) is 26.3 Å². The summed E-state index contributed by atoms with van der Waals surface area (Å²) in [5, 5.41) is 0. The van der Waals surface area contributed by atoms with Gasteiger partial charge in [-0.25, -0.2) is 12.8 Å². The fourth-order valence-corrected chi connectivity index (χ4v) is 3.31. The second kappa shape index (κ2) is 6.25. The summed E-state index contributed by atoms with van der Waals surface area (Å²) < 4.78 is 39.9. The summed E-state index contributed by atoms with van der Waals surface area (Å²) in [5.74, 6) is 4.49. The van der Waals surface area contributed by atoms with Crippen molar-refractivity contribution in [1.29, 1.82) is 0 Å². The summed E-state index contributed by atoms with van der Waals surface area (Å²) in [6.07, 6.45) is 0. The van der Waals surface area contributed by atoms with Crippen molar-refractivity contribution in [2.75, 3.05) is 17.0 Å². The van der Waals surface area contributed by atoms with Gasteiger partial charge in [-0.05, 0) is 23.6 Å². The molecule has 0 radical (unpaired) electrons. The lowest BCUT2D eigenvalue weighted by atomic mass is 10.0. The molecule has 0 saturated carbocycles. The highest BCUT2D eigenvalue weighted by molar-refractivity contribution is 7.92. The predicted molar refractivity (Wildman–Crippen MR) is 79.2 cm³/mol. The minimum absolute atomic E-state index is 0.0453. The van der Waals surface area contributed by atoms with Gasteiger partial charge >= 0.3 is 0 Å². The van der Waals surface area contributed by atoms with Gasteiger partial charge in [-0.1, -0.05) is 32.6 Å². The van der Waals surface area contributed by atoms with Crippen molar-refractivity contribution in [3.8, 4) is 11.8 Å². The fourth-order valence-electron chi connectivity index (χ4n) is 1.61. The molecule has 1 aromatic carbocycles. The molecule has 0 aliphatic heterocycles. The number of benzene rings is 1. The molecule has 110 valence electrons. The maximum Gasteiger partial charge on any atom is 0.233 e. The summed E-state index contributed by atoms with van der Waals surface area (Å²) in [4.78, 5) is 0. The lowest BCUT2D eigenvalue weighted by Crippen LogP contribution is -2.26. The Morgan fingerprint density at radius 1 is 1.35 bits per heavy atom. The van der Waals surface area contributed by atoms with Crippen molar-refractivity contribution < 1.29 is 12.8 Å². The Labute approximate surface area is 119 Å². The fraction of sp³-hybridized carbons (Fsp3) is 0.429. The lowest BCUT2D eigenvalue weighted by Gasteiger charge is -2.18. The number of nitrogens with one attached hydrogen (secondary N) is 1. The first-order valence-electron chi connectivity index (χ1n) is 6.12. The van der Waals surface area contributed by atoms with Gasteiger partial charge in [0.05, 0.1) is 23.5 Å². The van der Waals surface area contributed by atoms with Crippen LogP contribution in [0.15, 0.2) is 18.2 Å². The van der Waals surface area contributed by atoms with Crippen LogP contribution in [0.5, 0.6) is 0 Å². The van der Waals surface area contributed by atoms with E-state index in [1.54, 1.807) is 0 Å². The van der Waals surface area contributed by atoms with Crippen molar-refractivity contribution in [3.63, 3.8) is 0 Å². The Bertz CT molecular complexity index is 637. The molecule has 0 fully saturated rings. The van der Waals surface area contributed by atoms with Crippen molar-refractivity contribution in [2.24, 2.45) is 11.1 Å². The van der Waals surface area contributed by atoms with Crippen LogP contribution in [0.3, 0.4) is 0 Å². The minimum Gasteiger partial charge on any atom is -0.320 e. The van der Waals surface area contributed by atoms with Crippen LogP contribution in [-0.2, 0) is 10.0 Å². The average molecular weight is 298 g/mol. The molecular formula is C14H19FN2O2S. The monoisotopic (exact) mass is 298 g/mol. The Morgan fingerprint density at radius 2 is 2.00 bits per heavy atom. The average Bonchev–Trinajstić information content (AvgIpc) is 2.23. The topological polar surface area (TPSA) is 72.2 Å². The molecule has 0 aromatic heterocycles. The molecule has 4 nitrogen and oxygen atoms in total. The maximum absolute atomic E-state index is 13.7.